The van der Waals surface area contributed by atoms with Crippen LogP contribution in [-0.4, -0.2) is 50.7 Å². The van der Waals surface area contributed by atoms with E-state index in [9.17, 15) is 9.59 Å². The van der Waals surface area contributed by atoms with Gasteiger partial charge in [0.15, 0.2) is 21.2 Å². The molecule has 146 valence electrons. The molecule has 5 aliphatic heterocycles. The Kier molecular flexibility index (Phi) is 3.72. The number of benzene rings is 1. The molecule has 7 nitrogen and oxygen atoms in total. The predicted molar refractivity (Wildman–Crippen MR) is 108 cm³/mol. The van der Waals surface area contributed by atoms with Crippen molar-refractivity contribution in [3.8, 4) is 11.5 Å². The van der Waals surface area contributed by atoms with Gasteiger partial charge in [-0.1, -0.05) is 6.07 Å². The van der Waals surface area contributed by atoms with Gasteiger partial charge in [-0.3, -0.25) is 9.59 Å². The number of rotatable bonds is 1. The number of amides is 2. The summed E-state index contributed by atoms with van der Waals surface area (Å²) in [5.41, 5.74) is -0.143. The third kappa shape index (κ3) is 2.05. The number of carbonyl (C=O) groups is 2. The second-order valence-corrected chi connectivity index (χ2v) is 12.3. The van der Waals surface area contributed by atoms with Crippen molar-refractivity contribution in [1.82, 2.24) is 9.80 Å². The molecule has 4 saturated heterocycles. The molecule has 5 aliphatic rings. The van der Waals surface area contributed by atoms with Gasteiger partial charge in [0.05, 0.1) is 6.42 Å². The SMILES string of the molecule is [C-]#[N+][C@@]1(C)C[C@@]23SSSC(C)(C(=O)N2[C@H]1c1ccc2c(c1)OCO2)N(C)C3=O. The highest BCUT2D eigenvalue weighted by Gasteiger charge is 2.75. The minimum absolute atomic E-state index is 0.116. The first-order chi connectivity index (χ1) is 13.3. The number of nitrogens with zero attached hydrogens (tertiary/aromatic N) is 3. The molecule has 1 aromatic rings. The first-order valence-electron chi connectivity index (χ1n) is 8.70. The average Bonchev–Trinajstić information content (AvgIpc) is 3.20. The van der Waals surface area contributed by atoms with Gasteiger partial charge in [-0.2, -0.15) is 0 Å². The van der Waals surface area contributed by atoms with Crippen LogP contribution in [-0.2, 0) is 9.59 Å². The van der Waals surface area contributed by atoms with Crippen molar-refractivity contribution in [1.29, 1.82) is 0 Å². The monoisotopic (exact) mass is 435 g/mol. The van der Waals surface area contributed by atoms with Crippen LogP contribution in [0.15, 0.2) is 18.2 Å². The predicted octanol–water partition coefficient (Wildman–Crippen LogP) is 3.29. The molecule has 10 heteroatoms. The van der Waals surface area contributed by atoms with Crippen LogP contribution in [0.1, 0.15) is 31.9 Å². The van der Waals surface area contributed by atoms with Crippen LogP contribution in [0.4, 0.5) is 0 Å². The fourth-order valence-electron chi connectivity index (χ4n) is 4.46. The van der Waals surface area contributed by atoms with E-state index in [0.717, 1.165) is 5.56 Å². The Bertz CT molecular complexity index is 968. The number of hydrogen-bond acceptors (Lipinski definition) is 7. The van der Waals surface area contributed by atoms with E-state index in [1.807, 2.05) is 19.1 Å². The highest BCUT2D eigenvalue weighted by atomic mass is 33.5. The lowest BCUT2D eigenvalue weighted by atomic mass is 9.87. The minimum Gasteiger partial charge on any atom is -0.454 e. The molecule has 0 radical (unpaired) electrons. The zero-order valence-corrected chi connectivity index (χ0v) is 17.9. The Labute approximate surface area is 174 Å². The summed E-state index contributed by atoms with van der Waals surface area (Å²) in [6.45, 7) is 11.7. The summed E-state index contributed by atoms with van der Waals surface area (Å²) in [4.78, 5) is 32.3. The number of ether oxygens (including phenoxy) is 2. The summed E-state index contributed by atoms with van der Waals surface area (Å²) < 4.78 is 10.9. The maximum absolute atomic E-state index is 13.7. The highest BCUT2D eigenvalue weighted by Crippen LogP contribution is 2.68. The fourth-order valence-corrected chi connectivity index (χ4v) is 10.5. The third-order valence-electron chi connectivity index (χ3n) is 6.06. The molecule has 0 N–H and O–H groups in total. The Morgan fingerprint density at radius 1 is 1.18 bits per heavy atom. The zero-order chi connectivity index (χ0) is 19.9. The van der Waals surface area contributed by atoms with E-state index >= 15 is 0 Å². The summed E-state index contributed by atoms with van der Waals surface area (Å²) in [7, 11) is 5.93. The zero-order valence-electron chi connectivity index (χ0n) is 15.4. The first kappa shape index (κ1) is 18.3. The van der Waals surface area contributed by atoms with E-state index in [4.69, 9.17) is 16.0 Å². The fraction of sp³-hybridized carbons (Fsp3) is 0.500. The molecule has 28 heavy (non-hydrogen) atoms. The Morgan fingerprint density at radius 2 is 1.93 bits per heavy atom. The van der Waals surface area contributed by atoms with Crippen molar-refractivity contribution in [2.75, 3.05) is 13.8 Å². The number of carbonyl (C=O) groups excluding carboxylic acids is 2. The van der Waals surface area contributed by atoms with Gasteiger partial charge in [0, 0.05) is 14.0 Å². The van der Waals surface area contributed by atoms with E-state index in [-0.39, 0.29) is 25.0 Å². The summed E-state index contributed by atoms with van der Waals surface area (Å²) in [5.74, 6) is 1.000. The maximum Gasteiger partial charge on any atom is 0.262 e. The van der Waals surface area contributed by atoms with E-state index in [2.05, 4.69) is 4.85 Å². The molecule has 2 bridgehead atoms. The molecule has 0 aliphatic carbocycles. The van der Waals surface area contributed by atoms with Gasteiger partial charge in [-0.05, 0) is 56.0 Å². The quantitative estimate of drug-likeness (QED) is 0.495. The summed E-state index contributed by atoms with van der Waals surface area (Å²) >= 11 is 0. The molecular formula is C18H17N3O4S3. The summed E-state index contributed by atoms with van der Waals surface area (Å²) in [6, 6.07) is 4.96. The van der Waals surface area contributed by atoms with Gasteiger partial charge < -0.3 is 24.1 Å². The van der Waals surface area contributed by atoms with Crippen molar-refractivity contribution in [3.63, 3.8) is 0 Å². The average molecular weight is 436 g/mol. The second kappa shape index (κ2) is 5.68. The van der Waals surface area contributed by atoms with Crippen molar-refractivity contribution in [2.24, 2.45) is 0 Å². The van der Waals surface area contributed by atoms with Crippen molar-refractivity contribution in [2.45, 2.75) is 41.6 Å². The molecule has 4 fully saturated rings. The molecular weight excluding hydrogens is 418 g/mol. The lowest BCUT2D eigenvalue weighted by Crippen LogP contribution is -2.69. The Balaban J connectivity index is 1.72. The third-order valence-corrected chi connectivity index (χ3v) is 11.2. The largest absolute Gasteiger partial charge is 0.454 e. The Hall–Kier alpha value is -1.70. The number of piperazine rings is 1. The molecule has 1 unspecified atom stereocenters. The molecule has 5 heterocycles. The van der Waals surface area contributed by atoms with E-state index in [1.165, 1.54) is 31.4 Å². The lowest BCUT2D eigenvalue weighted by molar-refractivity contribution is -0.163. The van der Waals surface area contributed by atoms with Crippen LogP contribution < -0.4 is 9.47 Å². The summed E-state index contributed by atoms with van der Waals surface area (Å²) in [6.07, 6.45) is 0.284. The standard InChI is InChI=1S/C18H17N3O4S3/c1-16(19-3)8-18-15(23)20(4)17(2,26-28-27-18)14(22)21(18)13(16)10-5-6-11-12(7-10)25-9-24-11/h5-7,13H,8-9H2,1-2,4H3/t13-,16-,17?,18-/m0/s1. The number of hydrogen-bond donors (Lipinski definition) is 0. The smallest absolute Gasteiger partial charge is 0.262 e. The topological polar surface area (TPSA) is 63.4 Å². The minimum atomic E-state index is -1.08. The Morgan fingerprint density at radius 3 is 2.68 bits per heavy atom. The van der Waals surface area contributed by atoms with Gasteiger partial charge in [0.2, 0.25) is 6.79 Å². The molecule has 6 rings (SSSR count). The summed E-state index contributed by atoms with van der Waals surface area (Å²) in [5, 5.41) is 0. The molecule has 2 amide bonds. The number of likely N-dealkylation sites (N-methyl/N-ethyl adjacent to an activating group) is 1. The highest BCUT2D eigenvalue weighted by molar-refractivity contribution is 9.10. The van der Waals surface area contributed by atoms with E-state index in [1.54, 1.807) is 29.8 Å². The van der Waals surface area contributed by atoms with E-state index in [0.29, 0.717) is 11.5 Å². The van der Waals surface area contributed by atoms with Crippen molar-refractivity contribution in [3.05, 3.63) is 35.2 Å². The number of fused-ring (bicyclic) bond motifs is 4. The van der Waals surface area contributed by atoms with Gasteiger partial charge in [0.1, 0.15) is 6.04 Å². The van der Waals surface area contributed by atoms with Crippen LogP contribution in [0, 0.1) is 6.57 Å². The first-order valence-corrected chi connectivity index (χ1v) is 12.2. The lowest BCUT2D eigenvalue weighted by Gasteiger charge is -2.49. The van der Waals surface area contributed by atoms with Crippen LogP contribution in [0.5, 0.6) is 11.5 Å². The van der Waals surface area contributed by atoms with Crippen molar-refractivity contribution >= 4 is 43.2 Å². The van der Waals surface area contributed by atoms with Crippen LogP contribution >= 0.6 is 31.4 Å². The van der Waals surface area contributed by atoms with Gasteiger partial charge in [-0.25, -0.2) is 6.57 Å². The second-order valence-electron chi connectivity index (χ2n) is 7.70. The molecule has 1 aromatic carbocycles. The molecule has 0 aromatic heterocycles. The normalized spacial score (nSPS) is 38.4. The van der Waals surface area contributed by atoms with Gasteiger partial charge >= 0.3 is 0 Å². The van der Waals surface area contributed by atoms with Crippen LogP contribution in [0.3, 0.4) is 0 Å². The molecule has 0 saturated carbocycles. The van der Waals surface area contributed by atoms with Crippen LogP contribution in [0.2, 0.25) is 0 Å². The van der Waals surface area contributed by atoms with Crippen LogP contribution in [0.25, 0.3) is 4.85 Å². The molecule has 1 spiro atoms. The van der Waals surface area contributed by atoms with E-state index < -0.39 is 21.3 Å². The van der Waals surface area contributed by atoms with Gasteiger partial charge in [0.25, 0.3) is 17.4 Å². The van der Waals surface area contributed by atoms with Crippen molar-refractivity contribution < 1.29 is 19.1 Å². The van der Waals surface area contributed by atoms with Gasteiger partial charge in [-0.15, -0.1) is 0 Å². The molecule has 4 atom stereocenters. The maximum atomic E-state index is 13.7.